The number of aromatic nitrogens is 1. The summed E-state index contributed by atoms with van der Waals surface area (Å²) in [7, 11) is 1.20. The molecule has 0 fully saturated rings. The summed E-state index contributed by atoms with van der Waals surface area (Å²) in [4.78, 5) is 3.41. The molecule has 0 saturated carbocycles. The zero-order valence-electron chi connectivity index (χ0n) is 8.95. The van der Waals surface area contributed by atoms with E-state index in [1.165, 1.54) is 6.07 Å². The molecular formula is C9H9ClF3NO3S. The van der Waals surface area contributed by atoms with Crippen molar-refractivity contribution in [3.63, 3.8) is 0 Å². The lowest BCUT2D eigenvalue weighted by atomic mass is 10.3. The zero-order valence-corrected chi connectivity index (χ0v) is 10.5. The third-order valence-electron chi connectivity index (χ3n) is 1.85. The van der Waals surface area contributed by atoms with Crippen molar-refractivity contribution in [1.29, 1.82) is 0 Å². The van der Waals surface area contributed by atoms with Crippen LogP contribution in [0.1, 0.15) is 12.8 Å². The highest BCUT2D eigenvalue weighted by Crippen LogP contribution is 2.21. The Kier molecular flexibility index (Phi) is 4.80. The number of pyridine rings is 1. The summed E-state index contributed by atoms with van der Waals surface area (Å²) in [5.41, 5.74) is 0. The average molecular weight is 304 g/mol. The molecular weight excluding hydrogens is 295 g/mol. The van der Waals surface area contributed by atoms with Crippen LogP contribution in [0.25, 0.3) is 0 Å². The fraction of sp³-hybridized carbons (Fsp3) is 0.444. The second-order valence-electron chi connectivity index (χ2n) is 3.34. The minimum Gasteiger partial charge on any atom is -0.478 e. The Morgan fingerprint density at radius 3 is 2.44 bits per heavy atom. The molecule has 0 radical (unpaired) electrons. The first kappa shape index (κ1) is 15.0. The van der Waals surface area contributed by atoms with Gasteiger partial charge in [0.2, 0.25) is 5.88 Å². The molecule has 1 aromatic heterocycles. The van der Waals surface area contributed by atoms with Gasteiger partial charge in [0.25, 0.3) is 9.05 Å². The number of hydrogen-bond donors (Lipinski definition) is 0. The molecule has 0 atom stereocenters. The summed E-state index contributed by atoms with van der Waals surface area (Å²) in [6.07, 6.45) is -4.38. The largest absolute Gasteiger partial charge is 0.478 e. The van der Waals surface area contributed by atoms with E-state index in [4.69, 9.17) is 15.4 Å². The van der Waals surface area contributed by atoms with E-state index in [2.05, 4.69) is 4.98 Å². The van der Waals surface area contributed by atoms with Gasteiger partial charge in [-0.3, -0.25) is 0 Å². The van der Waals surface area contributed by atoms with Crippen molar-refractivity contribution in [2.45, 2.75) is 23.9 Å². The molecule has 0 spiro atoms. The van der Waals surface area contributed by atoms with E-state index in [9.17, 15) is 21.6 Å². The first-order valence-corrected chi connectivity index (χ1v) is 7.10. The second-order valence-corrected chi connectivity index (χ2v) is 5.90. The Hall–Kier alpha value is -1.02. The minimum atomic E-state index is -4.21. The number of nitrogens with zero attached hydrogens (tertiary/aromatic N) is 1. The van der Waals surface area contributed by atoms with Crippen LogP contribution in [0.2, 0.25) is 0 Å². The van der Waals surface area contributed by atoms with Gasteiger partial charge in [-0.1, -0.05) is 0 Å². The van der Waals surface area contributed by atoms with Gasteiger partial charge < -0.3 is 4.74 Å². The smallest absolute Gasteiger partial charge is 0.389 e. The van der Waals surface area contributed by atoms with Crippen molar-refractivity contribution in [1.82, 2.24) is 4.98 Å². The molecule has 0 aliphatic carbocycles. The SMILES string of the molecule is O=S(=O)(Cl)c1ccc(OCCCC(F)(F)F)nc1. The van der Waals surface area contributed by atoms with E-state index in [-0.39, 0.29) is 23.8 Å². The number of hydrogen-bond acceptors (Lipinski definition) is 4. The van der Waals surface area contributed by atoms with Crippen LogP contribution in [0.15, 0.2) is 23.2 Å². The standard InChI is InChI=1S/C9H9ClF3NO3S/c10-18(15,16)7-2-3-8(14-6-7)17-5-1-4-9(11,12)13/h2-3,6H,1,4-5H2. The van der Waals surface area contributed by atoms with Gasteiger partial charge in [0.1, 0.15) is 4.90 Å². The lowest BCUT2D eigenvalue weighted by molar-refractivity contribution is -0.136. The Labute approximate surface area is 106 Å². The maximum absolute atomic E-state index is 11.8. The number of ether oxygens (including phenoxy) is 1. The molecule has 0 aromatic carbocycles. The lowest BCUT2D eigenvalue weighted by Crippen LogP contribution is -2.10. The molecule has 9 heteroatoms. The van der Waals surface area contributed by atoms with Crippen LogP contribution >= 0.6 is 10.7 Å². The topological polar surface area (TPSA) is 56.3 Å². The maximum Gasteiger partial charge on any atom is 0.389 e. The van der Waals surface area contributed by atoms with E-state index in [0.717, 1.165) is 12.3 Å². The molecule has 1 rings (SSSR count). The summed E-state index contributed by atoms with van der Waals surface area (Å²) >= 11 is 0. The van der Waals surface area contributed by atoms with Crippen LogP contribution in [-0.2, 0) is 9.05 Å². The van der Waals surface area contributed by atoms with E-state index in [1.807, 2.05) is 0 Å². The highest BCUT2D eigenvalue weighted by molar-refractivity contribution is 8.13. The third-order valence-corrected chi connectivity index (χ3v) is 3.18. The normalized spacial score (nSPS) is 12.4. The quantitative estimate of drug-likeness (QED) is 0.620. The van der Waals surface area contributed by atoms with E-state index in [0.29, 0.717) is 0 Å². The third kappa shape index (κ3) is 5.54. The number of halogens is 4. The Balaban J connectivity index is 2.45. The van der Waals surface area contributed by atoms with Crippen LogP contribution in [-0.4, -0.2) is 26.2 Å². The molecule has 18 heavy (non-hydrogen) atoms. The summed E-state index contributed by atoms with van der Waals surface area (Å²) in [5.74, 6) is 0.0428. The molecule has 4 nitrogen and oxygen atoms in total. The Morgan fingerprint density at radius 2 is 2.00 bits per heavy atom. The van der Waals surface area contributed by atoms with Gasteiger partial charge in [0.15, 0.2) is 0 Å². The van der Waals surface area contributed by atoms with Gasteiger partial charge in [-0.2, -0.15) is 13.2 Å². The van der Waals surface area contributed by atoms with E-state index >= 15 is 0 Å². The fourth-order valence-electron chi connectivity index (χ4n) is 1.05. The molecule has 1 heterocycles. The summed E-state index contributed by atoms with van der Waals surface area (Å²) in [6.45, 7) is -0.153. The molecule has 0 aliphatic heterocycles. The van der Waals surface area contributed by atoms with Crippen molar-refractivity contribution in [3.05, 3.63) is 18.3 Å². The molecule has 0 amide bonds. The average Bonchev–Trinajstić information content (AvgIpc) is 2.22. The molecule has 0 unspecified atom stereocenters. The van der Waals surface area contributed by atoms with Crippen LogP contribution < -0.4 is 4.74 Å². The van der Waals surface area contributed by atoms with Crippen molar-refractivity contribution in [3.8, 4) is 5.88 Å². The summed E-state index contributed by atoms with van der Waals surface area (Å²) in [5, 5.41) is 0. The first-order chi connectivity index (χ1) is 8.18. The molecule has 0 bridgehead atoms. The molecule has 1 aromatic rings. The van der Waals surface area contributed by atoms with Gasteiger partial charge in [0.05, 0.1) is 12.8 Å². The predicted molar refractivity (Wildman–Crippen MR) is 58.1 cm³/mol. The molecule has 0 saturated heterocycles. The summed E-state index contributed by atoms with van der Waals surface area (Å²) in [6, 6.07) is 2.39. The maximum atomic E-state index is 11.8. The first-order valence-electron chi connectivity index (χ1n) is 4.79. The highest BCUT2D eigenvalue weighted by Gasteiger charge is 2.26. The van der Waals surface area contributed by atoms with Crippen molar-refractivity contribution < 1.29 is 26.3 Å². The van der Waals surface area contributed by atoms with Crippen molar-refractivity contribution >= 4 is 19.7 Å². The van der Waals surface area contributed by atoms with Gasteiger partial charge in [-0.15, -0.1) is 0 Å². The van der Waals surface area contributed by atoms with Crippen LogP contribution in [0.5, 0.6) is 5.88 Å². The summed E-state index contributed by atoms with van der Waals surface area (Å²) < 4.78 is 62.1. The van der Waals surface area contributed by atoms with Gasteiger partial charge in [-0.05, 0) is 12.5 Å². The van der Waals surface area contributed by atoms with Crippen LogP contribution in [0.4, 0.5) is 13.2 Å². The van der Waals surface area contributed by atoms with Crippen molar-refractivity contribution in [2.24, 2.45) is 0 Å². The van der Waals surface area contributed by atoms with E-state index < -0.39 is 21.6 Å². The number of rotatable bonds is 5. The minimum absolute atomic E-state index is 0.0428. The van der Waals surface area contributed by atoms with Crippen LogP contribution in [0.3, 0.4) is 0 Å². The molecule has 0 N–H and O–H groups in total. The number of alkyl halides is 3. The highest BCUT2D eigenvalue weighted by atomic mass is 35.7. The Bertz CT molecular complexity index is 487. The van der Waals surface area contributed by atoms with Crippen molar-refractivity contribution in [2.75, 3.05) is 6.61 Å². The zero-order chi connectivity index (χ0) is 13.8. The monoisotopic (exact) mass is 303 g/mol. The fourth-order valence-corrected chi connectivity index (χ4v) is 1.73. The molecule has 102 valence electrons. The predicted octanol–water partition coefficient (Wildman–Crippen LogP) is 2.73. The van der Waals surface area contributed by atoms with Gasteiger partial charge in [0, 0.05) is 23.2 Å². The Morgan fingerprint density at radius 1 is 1.33 bits per heavy atom. The lowest BCUT2D eigenvalue weighted by Gasteiger charge is -2.07. The van der Waals surface area contributed by atoms with E-state index in [1.54, 1.807) is 0 Å². The van der Waals surface area contributed by atoms with Gasteiger partial charge >= 0.3 is 6.18 Å². The molecule has 0 aliphatic rings. The van der Waals surface area contributed by atoms with Crippen LogP contribution in [0, 0.1) is 0 Å². The second kappa shape index (κ2) is 5.75. The van der Waals surface area contributed by atoms with Gasteiger partial charge in [-0.25, -0.2) is 13.4 Å².